The van der Waals surface area contributed by atoms with E-state index in [2.05, 4.69) is 10.0 Å². The first-order chi connectivity index (χ1) is 13.1. The van der Waals surface area contributed by atoms with E-state index in [4.69, 9.17) is 27.9 Å². The average molecular weight is 448 g/mol. The van der Waals surface area contributed by atoms with Crippen molar-refractivity contribution in [1.82, 2.24) is 4.72 Å². The van der Waals surface area contributed by atoms with Crippen LogP contribution in [0.2, 0.25) is 10.0 Å². The Morgan fingerprint density at radius 2 is 1.93 bits per heavy atom. The number of hydrogen-bond acceptors (Lipinski definition) is 6. The summed E-state index contributed by atoms with van der Waals surface area (Å²) in [5.74, 6) is 0. The van der Waals surface area contributed by atoms with Gasteiger partial charge in [-0.2, -0.15) is 0 Å². The molecule has 0 aliphatic heterocycles. The summed E-state index contributed by atoms with van der Waals surface area (Å²) >= 11 is 12.0. The fourth-order valence-electron chi connectivity index (χ4n) is 2.45. The number of anilines is 1. The van der Waals surface area contributed by atoms with Crippen LogP contribution in [0.3, 0.4) is 0 Å². The van der Waals surface area contributed by atoms with Crippen molar-refractivity contribution in [3.63, 3.8) is 0 Å². The highest BCUT2D eigenvalue weighted by molar-refractivity contribution is 7.89. The van der Waals surface area contributed by atoms with Gasteiger partial charge in [-0.25, -0.2) is 13.1 Å². The maximum absolute atomic E-state index is 12.4. The van der Waals surface area contributed by atoms with Crippen molar-refractivity contribution in [2.24, 2.45) is 0 Å². The molecule has 152 valence electrons. The Bertz CT molecular complexity index is 969. The van der Waals surface area contributed by atoms with E-state index in [1.807, 2.05) is 0 Å². The highest BCUT2D eigenvalue weighted by Crippen LogP contribution is 2.29. The van der Waals surface area contributed by atoms with E-state index in [0.29, 0.717) is 15.6 Å². The van der Waals surface area contributed by atoms with Crippen LogP contribution in [0.1, 0.15) is 12.5 Å². The lowest BCUT2D eigenvalue weighted by Crippen LogP contribution is -2.35. The fraction of sp³-hybridized carbons (Fsp3) is 0.294. The van der Waals surface area contributed by atoms with Gasteiger partial charge in [0.25, 0.3) is 5.69 Å². The topological polar surface area (TPSA) is 111 Å². The molecule has 0 bridgehead atoms. The van der Waals surface area contributed by atoms with Crippen molar-refractivity contribution >= 4 is 44.6 Å². The summed E-state index contributed by atoms with van der Waals surface area (Å²) in [6, 6.07) is 8.08. The zero-order valence-corrected chi connectivity index (χ0v) is 17.4. The van der Waals surface area contributed by atoms with Crippen LogP contribution in [0, 0.1) is 10.1 Å². The second kappa shape index (κ2) is 9.53. The zero-order chi connectivity index (χ0) is 20.9. The number of halogens is 2. The summed E-state index contributed by atoms with van der Waals surface area (Å²) in [6.07, 6.45) is 0. The Hall–Kier alpha value is -1.91. The number of nitro groups is 1. The molecule has 2 aromatic carbocycles. The molecule has 2 rings (SSSR count). The number of benzene rings is 2. The minimum Gasteiger partial charge on any atom is -0.383 e. The molecule has 11 heteroatoms. The molecule has 28 heavy (non-hydrogen) atoms. The van der Waals surface area contributed by atoms with Crippen molar-refractivity contribution in [2.45, 2.75) is 24.4 Å². The Labute approximate surface area is 173 Å². The van der Waals surface area contributed by atoms with Gasteiger partial charge < -0.3 is 10.1 Å². The highest BCUT2D eigenvalue weighted by Gasteiger charge is 2.23. The number of nitrogens with one attached hydrogen (secondary N) is 2. The molecule has 0 amide bonds. The second-order valence-corrected chi connectivity index (χ2v) is 8.56. The molecule has 0 saturated heterocycles. The molecule has 0 aliphatic carbocycles. The van der Waals surface area contributed by atoms with Gasteiger partial charge in [0.05, 0.1) is 16.4 Å². The normalized spacial score (nSPS) is 12.6. The third-order valence-electron chi connectivity index (χ3n) is 3.73. The van der Waals surface area contributed by atoms with Crippen LogP contribution < -0.4 is 10.0 Å². The van der Waals surface area contributed by atoms with Crippen molar-refractivity contribution in [2.75, 3.05) is 19.0 Å². The van der Waals surface area contributed by atoms with E-state index < -0.39 is 21.0 Å². The monoisotopic (exact) mass is 447 g/mol. The summed E-state index contributed by atoms with van der Waals surface area (Å²) in [4.78, 5) is 10.6. The van der Waals surface area contributed by atoms with E-state index in [1.165, 1.54) is 19.2 Å². The molecule has 1 atom stereocenters. The molecule has 2 aromatic rings. The lowest BCUT2D eigenvalue weighted by molar-refractivity contribution is -0.384. The number of nitro benzene ring substituents is 1. The van der Waals surface area contributed by atoms with E-state index in [9.17, 15) is 18.5 Å². The van der Waals surface area contributed by atoms with Gasteiger partial charge in [0, 0.05) is 35.8 Å². The SMILES string of the molecule is COCC(C)NS(=O)(=O)c1ccc(NCc2ccc(Cl)cc2Cl)c([N+](=O)[O-])c1. The summed E-state index contributed by atoms with van der Waals surface area (Å²) in [5, 5.41) is 15.2. The number of rotatable bonds is 9. The molecule has 8 nitrogen and oxygen atoms in total. The number of ether oxygens (including phenoxy) is 1. The van der Waals surface area contributed by atoms with Crippen molar-refractivity contribution in [1.29, 1.82) is 0 Å². The van der Waals surface area contributed by atoms with E-state index >= 15 is 0 Å². The minimum absolute atomic E-state index is 0.167. The van der Waals surface area contributed by atoms with Crippen molar-refractivity contribution < 1.29 is 18.1 Å². The molecule has 1 unspecified atom stereocenters. The molecule has 0 spiro atoms. The predicted molar refractivity (Wildman–Crippen MR) is 109 cm³/mol. The maximum Gasteiger partial charge on any atom is 0.293 e. The largest absolute Gasteiger partial charge is 0.383 e. The standard InChI is InChI=1S/C17H19Cl2N3O5S/c1-11(10-27-2)21-28(25,26)14-5-6-16(17(8-14)22(23)24)20-9-12-3-4-13(18)7-15(12)19/h3-8,11,20-21H,9-10H2,1-2H3. The molecule has 2 N–H and O–H groups in total. The number of sulfonamides is 1. The van der Waals surface area contributed by atoms with Crippen LogP contribution in [-0.4, -0.2) is 33.1 Å². The van der Waals surface area contributed by atoms with Crippen LogP contribution in [0.5, 0.6) is 0 Å². The van der Waals surface area contributed by atoms with E-state index in [1.54, 1.807) is 25.1 Å². The van der Waals surface area contributed by atoms with E-state index in [-0.39, 0.29) is 29.4 Å². The van der Waals surface area contributed by atoms with Gasteiger partial charge in [0.2, 0.25) is 10.0 Å². The summed E-state index contributed by atoms with van der Waals surface area (Å²) in [7, 11) is -2.48. The molecule has 0 radical (unpaired) electrons. The molecule has 0 heterocycles. The minimum atomic E-state index is -3.93. The Kier molecular flexibility index (Phi) is 7.62. The predicted octanol–water partition coefficient (Wildman–Crippen LogP) is 3.83. The van der Waals surface area contributed by atoms with Crippen LogP contribution in [0.15, 0.2) is 41.3 Å². The molecule has 0 fully saturated rings. The third kappa shape index (κ3) is 5.79. The number of hydrogen-bond donors (Lipinski definition) is 2. The summed E-state index contributed by atoms with van der Waals surface area (Å²) in [5.41, 5.74) is 0.486. The lowest BCUT2D eigenvalue weighted by Gasteiger charge is -2.14. The highest BCUT2D eigenvalue weighted by atomic mass is 35.5. The van der Waals surface area contributed by atoms with Gasteiger partial charge in [-0.05, 0) is 36.8 Å². The average Bonchev–Trinajstić information content (AvgIpc) is 2.60. The van der Waals surface area contributed by atoms with Crippen LogP contribution >= 0.6 is 23.2 Å². The second-order valence-electron chi connectivity index (χ2n) is 6.00. The third-order valence-corrected chi connectivity index (χ3v) is 5.91. The molecule has 0 aromatic heterocycles. The van der Waals surface area contributed by atoms with Gasteiger partial charge in [-0.15, -0.1) is 0 Å². The van der Waals surface area contributed by atoms with Gasteiger partial charge in [-0.1, -0.05) is 29.3 Å². The summed E-state index contributed by atoms with van der Waals surface area (Å²) < 4.78 is 32.1. The van der Waals surface area contributed by atoms with Crippen molar-refractivity contribution in [3.8, 4) is 0 Å². The van der Waals surface area contributed by atoms with Crippen molar-refractivity contribution in [3.05, 3.63) is 62.1 Å². The quantitative estimate of drug-likeness (QED) is 0.446. The number of methoxy groups -OCH3 is 1. The van der Waals surface area contributed by atoms with E-state index in [0.717, 1.165) is 6.07 Å². The lowest BCUT2D eigenvalue weighted by atomic mass is 10.2. The molecule has 0 aliphatic rings. The number of nitrogens with zero attached hydrogens (tertiary/aromatic N) is 1. The fourth-order valence-corrected chi connectivity index (χ4v) is 4.17. The first kappa shape index (κ1) is 22.4. The molecule has 0 saturated carbocycles. The Morgan fingerprint density at radius 3 is 2.54 bits per heavy atom. The molecular formula is C17H19Cl2N3O5S. The van der Waals surface area contributed by atoms with Crippen LogP contribution in [0.25, 0.3) is 0 Å². The first-order valence-electron chi connectivity index (χ1n) is 8.11. The first-order valence-corrected chi connectivity index (χ1v) is 10.4. The van der Waals surface area contributed by atoms with Gasteiger partial charge in [0.1, 0.15) is 5.69 Å². The van der Waals surface area contributed by atoms with Gasteiger partial charge >= 0.3 is 0 Å². The Balaban J connectivity index is 2.26. The Morgan fingerprint density at radius 1 is 1.21 bits per heavy atom. The summed E-state index contributed by atoms with van der Waals surface area (Å²) in [6.45, 7) is 2.00. The van der Waals surface area contributed by atoms with Gasteiger partial charge in [0.15, 0.2) is 0 Å². The van der Waals surface area contributed by atoms with Crippen LogP contribution in [0.4, 0.5) is 11.4 Å². The maximum atomic E-state index is 12.4. The zero-order valence-electron chi connectivity index (χ0n) is 15.1. The van der Waals surface area contributed by atoms with Crippen LogP contribution in [-0.2, 0) is 21.3 Å². The molecular weight excluding hydrogens is 429 g/mol. The van der Waals surface area contributed by atoms with Gasteiger partial charge in [-0.3, -0.25) is 10.1 Å². The smallest absolute Gasteiger partial charge is 0.293 e.